The summed E-state index contributed by atoms with van der Waals surface area (Å²) in [7, 11) is 0. The zero-order valence-electron chi connectivity index (χ0n) is 20.4. The van der Waals surface area contributed by atoms with Crippen molar-refractivity contribution >= 4 is 23.6 Å². The van der Waals surface area contributed by atoms with Crippen LogP contribution in [0.5, 0.6) is 0 Å². The van der Waals surface area contributed by atoms with Gasteiger partial charge in [-0.15, -0.1) is 0 Å². The molecule has 0 unspecified atom stereocenters. The van der Waals surface area contributed by atoms with E-state index >= 15 is 0 Å². The summed E-state index contributed by atoms with van der Waals surface area (Å²) in [4.78, 5) is 29.4. The lowest BCUT2D eigenvalue weighted by molar-refractivity contribution is -0.142. The Morgan fingerprint density at radius 3 is 2.46 bits per heavy atom. The van der Waals surface area contributed by atoms with E-state index in [9.17, 15) is 9.59 Å². The molecule has 0 saturated heterocycles. The number of aryl methyl sites for hydroxylation is 2. The summed E-state index contributed by atoms with van der Waals surface area (Å²) in [6.07, 6.45) is 5.26. The SMILES string of the molecule is Cc1ccc(CNC(=O)[C@H]2c3c(C)nn(-c4ccccc4)c3SCC(=O)N2C2CCCCC2)cc1. The Hall–Kier alpha value is -3.06. The van der Waals surface area contributed by atoms with Crippen molar-refractivity contribution in [2.24, 2.45) is 0 Å². The molecule has 2 heterocycles. The van der Waals surface area contributed by atoms with Gasteiger partial charge in [-0.3, -0.25) is 9.59 Å². The van der Waals surface area contributed by atoms with Gasteiger partial charge >= 0.3 is 0 Å². The van der Waals surface area contributed by atoms with E-state index in [1.54, 1.807) is 0 Å². The van der Waals surface area contributed by atoms with Crippen molar-refractivity contribution in [3.8, 4) is 5.69 Å². The zero-order valence-corrected chi connectivity index (χ0v) is 21.2. The number of nitrogens with one attached hydrogen (secondary N) is 1. The topological polar surface area (TPSA) is 67.2 Å². The van der Waals surface area contributed by atoms with Gasteiger partial charge in [0, 0.05) is 18.2 Å². The van der Waals surface area contributed by atoms with Crippen molar-refractivity contribution in [2.75, 3.05) is 5.75 Å². The van der Waals surface area contributed by atoms with E-state index in [-0.39, 0.29) is 17.9 Å². The number of para-hydroxylation sites is 1. The van der Waals surface area contributed by atoms with Crippen LogP contribution in [0.15, 0.2) is 59.6 Å². The van der Waals surface area contributed by atoms with E-state index < -0.39 is 6.04 Å². The van der Waals surface area contributed by atoms with Crippen LogP contribution in [0.3, 0.4) is 0 Å². The van der Waals surface area contributed by atoms with Crippen LogP contribution in [0.1, 0.15) is 60.5 Å². The van der Waals surface area contributed by atoms with Gasteiger partial charge in [0.1, 0.15) is 11.1 Å². The minimum absolute atomic E-state index is 0.0348. The molecule has 182 valence electrons. The molecule has 2 aliphatic rings. The lowest BCUT2D eigenvalue weighted by Crippen LogP contribution is -2.49. The molecule has 7 heteroatoms. The number of carbonyl (C=O) groups excluding carboxylic acids is 2. The van der Waals surface area contributed by atoms with Crippen molar-refractivity contribution in [1.29, 1.82) is 0 Å². The van der Waals surface area contributed by atoms with Crippen molar-refractivity contribution in [1.82, 2.24) is 20.0 Å². The highest BCUT2D eigenvalue weighted by molar-refractivity contribution is 8.00. The lowest BCUT2D eigenvalue weighted by atomic mass is 9.91. The third-order valence-electron chi connectivity index (χ3n) is 7.04. The first kappa shape index (κ1) is 23.7. The van der Waals surface area contributed by atoms with Crippen LogP contribution in [0.4, 0.5) is 0 Å². The van der Waals surface area contributed by atoms with Gasteiger partial charge in [-0.2, -0.15) is 5.10 Å². The largest absolute Gasteiger partial charge is 0.350 e. The summed E-state index contributed by atoms with van der Waals surface area (Å²) in [5, 5.41) is 8.88. The number of benzene rings is 2. The molecule has 1 atom stereocenters. The van der Waals surface area contributed by atoms with Gasteiger partial charge < -0.3 is 10.2 Å². The van der Waals surface area contributed by atoms with E-state index in [4.69, 9.17) is 5.10 Å². The average Bonchev–Trinajstić information content (AvgIpc) is 3.12. The van der Waals surface area contributed by atoms with Crippen LogP contribution in [0, 0.1) is 13.8 Å². The maximum atomic E-state index is 13.9. The van der Waals surface area contributed by atoms with Gasteiger partial charge in [0.25, 0.3) is 0 Å². The first-order valence-electron chi connectivity index (χ1n) is 12.4. The van der Waals surface area contributed by atoms with Crippen molar-refractivity contribution in [3.05, 3.63) is 77.0 Å². The molecule has 1 aromatic heterocycles. The highest BCUT2D eigenvalue weighted by Gasteiger charge is 2.42. The molecule has 0 radical (unpaired) electrons. The Morgan fingerprint density at radius 2 is 1.74 bits per heavy atom. The molecule has 5 rings (SSSR count). The highest BCUT2D eigenvalue weighted by Crippen LogP contribution is 2.41. The minimum Gasteiger partial charge on any atom is -0.350 e. The van der Waals surface area contributed by atoms with E-state index in [0.717, 1.165) is 53.2 Å². The number of rotatable bonds is 5. The Kier molecular flexibility index (Phi) is 6.95. The van der Waals surface area contributed by atoms with Crippen LogP contribution in [0.2, 0.25) is 0 Å². The first-order valence-corrected chi connectivity index (χ1v) is 13.4. The van der Waals surface area contributed by atoms with Crippen molar-refractivity contribution in [3.63, 3.8) is 0 Å². The fourth-order valence-electron chi connectivity index (χ4n) is 5.23. The third kappa shape index (κ3) is 4.87. The first-order chi connectivity index (χ1) is 17.0. The van der Waals surface area contributed by atoms with Crippen LogP contribution in [0.25, 0.3) is 5.69 Å². The average molecular weight is 489 g/mol. The molecular formula is C28H32N4O2S. The van der Waals surface area contributed by atoms with Crippen LogP contribution >= 0.6 is 11.8 Å². The fourth-order valence-corrected chi connectivity index (χ4v) is 6.32. The minimum atomic E-state index is -0.682. The normalized spacial score (nSPS) is 18.7. The fraction of sp³-hybridized carbons (Fsp3) is 0.393. The Balaban J connectivity index is 1.55. The number of nitrogens with zero attached hydrogens (tertiary/aromatic N) is 3. The third-order valence-corrected chi connectivity index (χ3v) is 8.10. The number of hydrogen-bond donors (Lipinski definition) is 1. The zero-order chi connectivity index (χ0) is 24.4. The quantitative estimate of drug-likeness (QED) is 0.542. The summed E-state index contributed by atoms with van der Waals surface area (Å²) in [6, 6.07) is 17.5. The van der Waals surface area contributed by atoms with Gasteiger partial charge in [0.05, 0.1) is 17.1 Å². The monoisotopic (exact) mass is 488 g/mol. The predicted molar refractivity (Wildman–Crippen MR) is 139 cm³/mol. The standard InChI is InChI=1S/C28H32N4O2S/c1-19-13-15-21(16-14-19)17-29-27(34)26-25-20(2)30-32(23-11-7-4-8-12-23)28(25)35-18-24(33)31(26)22-9-5-3-6-10-22/h4,7-8,11-16,22,26H,3,5-6,9-10,17-18H2,1-2H3,(H,29,34)/t26-/m1/s1. The molecule has 1 fully saturated rings. The van der Waals surface area contributed by atoms with Crippen LogP contribution < -0.4 is 5.32 Å². The molecular weight excluding hydrogens is 456 g/mol. The lowest BCUT2D eigenvalue weighted by Gasteiger charge is -2.38. The summed E-state index contributed by atoms with van der Waals surface area (Å²) in [6.45, 7) is 4.43. The van der Waals surface area contributed by atoms with Gasteiger partial charge in [-0.25, -0.2) is 4.68 Å². The summed E-state index contributed by atoms with van der Waals surface area (Å²) in [5.74, 6) is 0.208. The van der Waals surface area contributed by atoms with Crippen LogP contribution in [-0.2, 0) is 16.1 Å². The van der Waals surface area contributed by atoms with Crippen molar-refractivity contribution in [2.45, 2.75) is 69.6 Å². The molecule has 6 nitrogen and oxygen atoms in total. The molecule has 1 saturated carbocycles. The van der Waals surface area contributed by atoms with E-state index in [2.05, 4.69) is 5.32 Å². The van der Waals surface area contributed by atoms with E-state index in [1.807, 2.05) is 78.0 Å². The molecule has 2 aromatic carbocycles. The number of hydrogen-bond acceptors (Lipinski definition) is 4. The van der Waals surface area contributed by atoms with E-state index in [0.29, 0.717) is 12.3 Å². The molecule has 2 amide bonds. The molecule has 35 heavy (non-hydrogen) atoms. The summed E-state index contributed by atoms with van der Waals surface area (Å²) < 4.78 is 1.90. The summed E-state index contributed by atoms with van der Waals surface area (Å²) in [5.41, 5.74) is 4.81. The maximum absolute atomic E-state index is 13.9. The number of amides is 2. The molecule has 1 N–H and O–H groups in total. The molecule has 1 aliphatic heterocycles. The smallest absolute Gasteiger partial charge is 0.247 e. The Labute approximate surface area is 211 Å². The second kappa shape index (κ2) is 10.3. The molecule has 1 aliphatic carbocycles. The summed E-state index contributed by atoms with van der Waals surface area (Å²) >= 11 is 1.49. The van der Waals surface area contributed by atoms with Gasteiger partial charge in [0.15, 0.2) is 0 Å². The maximum Gasteiger partial charge on any atom is 0.247 e. The Bertz CT molecular complexity index is 1200. The highest BCUT2D eigenvalue weighted by atomic mass is 32.2. The second-order valence-electron chi connectivity index (χ2n) is 9.54. The number of fused-ring (bicyclic) bond motifs is 1. The molecule has 3 aromatic rings. The van der Waals surface area contributed by atoms with Gasteiger partial charge in [0.2, 0.25) is 11.8 Å². The predicted octanol–water partition coefficient (Wildman–Crippen LogP) is 5.11. The second-order valence-corrected chi connectivity index (χ2v) is 10.5. The Morgan fingerprint density at radius 1 is 1.03 bits per heavy atom. The van der Waals surface area contributed by atoms with E-state index in [1.165, 1.54) is 23.7 Å². The number of aromatic nitrogens is 2. The van der Waals surface area contributed by atoms with Crippen LogP contribution in [-0.4, -0.2) is 38.3 Å². The number of carbonyl (C=O) groups is 2. The number of thioether (sulfide) groups is 1. The van der Waals surface area contributed by atoms with Gasteiger partial charge in [-0.1, -0.05) is 79.1 Å². The molecule has 0 bridgehead atoms. The van der Waals surface area contributed by atoms with Gasteiger partial charge in [-0.05, 0) is 44.4 Å². The van der Waals surface area contributed by atoms with Crippen molar-refractivity contribution < 1.29 is 9.59 Å². The molecule has 0 spiro atoms.